The maximum Gasteiger partial charge on any atom is 0.306 e. The molecule has 0 fully saturated rings. The van der Waals surface area contributed by atoms with Gasteiger partial charge < -0.3 is 14.2 Å². The van der Waals surface area contributed by atoms with Crippen molar-refractivity contribution in [3.63, 3.8) is 0 Å². The Balaban J connectivity index is 4.14. The van der Waals surface area contributed by atoms with Gasteiger partial charge in [0.25, 0.3) is 0 Å². The molecule has 0 radical (unpaired) electrons. The SMILES string of the molecule is CCCCCCCC(=O)O[C@H](COC(=O)CCCCCCCCCCCCCCCC(C)C)COC(=O)CCCCCCCCC(C)C. The molecule has 0 N–H and O–H groups in total. The second-order valence-electron chi connectivity index (χ2n) is 15.2. The zero-order valence-corrected chi connectivity index (χ0v) is 32.6. The first-order valence-corrected chi connectivity index (χ1v) is 20.7. The lowest BCUT2D eigenvalue weighted by molar-refractivity contribution is -0.167. The molecule has 48 heavy (non-hydrogen) atoms. The second kappa shape index (κ2) is 35.2. The van der Waals surface area contributed by atoms with Gasteiger partial charge in [0.15, 0.2) is 6.10 Å². The highest BCUT2D eigenvalue weighted by Crippen LogP contribution is 2.16. The minimum Gasteiger partial charge on any atom is -0.462 e. The number of carbonyl (C=O) groups excluding carboxylic acids is 3. The van der Waals surface area contributed by atoms with Crippen LogP contribution in [-0.2, 0) is 28.6 Å². The number of hydrogen-bond acceptors (Lipinski definition) is 6. The molecular weight excluding hydrogens is 600 g/mol. The van der Waals surface area contributed by atoms with Crippen molar-refractivity contribution in [2.24, 2.45) is 11.8 Å². The van der Waals surface area contributed by atoms with Crippen LogP contribution in [0, 0.1) is 11.8 Å². The Labute approximate surface area is 298 Å². The van der Waals surface area contributed by atoms with E-state index in [0.717, 1.165) is 76.0 Å². The molecule has 1 atom stereocenters. The molecule has 284 valence electrons. The Bertz CT molecular complexity index is 734. The smallest absolute Gasteiger partial charge is 0.306 e. The Hall–Kier alpha value is -1.59. The first kappa shape index (κ1) is 46.4. The van der Waals surface area contributed by atoms with Crippen molar-refractivity contribution in [1.29, 1.82) is 0 Å². The molecule has 0 aliphatic heterocycles. The van der Waals surface area contributed by atoms with Gasteiger partial charge in [-0.25, -0.2) is 0 Å². The topological polar surface area (TPSA) is 78.9 Å². The lowest BCUT2D eigenvalue weighted by Gasteiger charge is -2.18. The predicted molar refractivity (Wildman–Crippen MR) is 201 cm³/mol. The van der Waals surface area contributed by atoms with Crippen molar-refractivity contribution >= 4 is 17.9 Å². The number of unbranched alkanes of at least 4 members (excludes halogenated alkanes) is 21. The Morgan fingerprint density at radius 3 is 1.02 bits per heavy atom. The van der Waals surface area contributed by atoms with Gasteiger partial charge in [-0.15, -0.1) is 0 Å². The first-order valence-electron chi connectivity index (χ1n) is 20.7. The van der Waals surface area contributed by atoms with E-state index >= 15 is 0 Å². The van der Waals surface area contributed by atoms with Gasteiger partial charge in [-0.05, 0) is 31.1 Å². The van der Waals surface area contributed by atoms with Crippen LogP contribution in [0.15, 0.2) is 0 Å². The van der Waals surface area contributed by atoms with Crippen molar-refractivity contribution in [3.8, 4) is 0 Å². The Morgan fingerprint density at radius 1 is 0.396 bits per heavy atom. The summed E-state index contributed by atoms with van der Waals surface area (Å²) in [6, 6.07) is 0. The third-order valence-corrected chi connectivity index (χ3v) is 9.22. The molecule has 0 bridgehead atoms. The molecule has 0 unspecified atom stereocenters. The van der Waals surface area contributed by atoms with Crippen molar-refractivity contribution in [3.05, 3.63) is 0 Å². The molecule has 0 aromatic heterocycles. The summed E-state index contributed by atoms with van der Waals surface area (Å²) in [5.74, 6) is 0.722. The van der Waals surface area contributed by atoms with E-state index in [4.69, 9.17) is 14.2 Å². The number of rotatable bonds is 36. The summed E-state index contributed by atoms with van der Waals surface area (Å²) < 4.78 is 16.5. The largest absolute Gasteiger partial charge is 0.462 e. The van der Waals surface area contributed by atoms with Crippen LogP contribution < -0.4 is 0 Å². The lowest BCUT2D eigenvalue weighted by Crippen LogP contribution is -2.30. The van der Waals surface area contributed by atoms with Gasteiger partial charge in [-0.2, -0.15) is 0 Å². The molecule has 0 aromatic rings. The quantitative estimate of drug-likeness (QED) is 0.0372. The molecule has 0 aliphatic rings. The van der Waals surface area contributed by atoms with E-state index in [-0.39, 0.29) is 31.1 Å². The van der Waals surface area contributed by atoms with Gasteiger partial charge >= 0.3 is 17.9 Å². The van der Waals surface area contributed by atoms with E-state index in [0.29, 0.717) is 19.3 Å². The zero-order chi connectivity index (χ0) is 35.5. The molecule has 0 heterocycles. The van der Waals surface area contributed by atoms with Crippen molar-refractivity contribution in [2.45, 2.75) is 227 Å². The molecule has 0 rings (SSSR count). The van der Waals surface area contributed by atoms with Gasteiger partial charge in [0.1, 0.15) is 13.2 Å². The van der Waals surface area contributed by atoms with E-state index < -0.39 is 6.10 Å². The minimum absolute atomic E-state index is 0.0674. The van der Waals surface area contributed by atoms with E-state index in [2.05, 4.69) is 34.6 Å². The van der Waals surface area contributed by atoms with Crippen LogP contribution in [-0.4, -0.2) is 37.2 Å². The van der Waals surface area contributed by atoms with Crippen molar-refractivity contribution in [2.75, 3.05) is 13.2 Å². The van der Waals surface area contributed by atoms with Gasteiger partial charge in [-0.1, -0.05) is 182 Å². The fourth-order valence-corrected chi connectivity index (χ4v) is 6.05. The van der Waals surface area contributed by atoms with E-state index in [1.54, 1.807) is 0 Å². The van der Waals surface area contributed by atoms with Crippen LogP contribution in [0.2, 0.25) is 0 Å². The van der Waals surface area contributed by atoms with Crippen molar-refractivity contribution < 1.29 is 28.6 Å². The Morgan fingerprint density at radius 2 is 0.688 bits per heavy atom. The summed E-state index contributed by atoms with van der Waals surface area (Å²) in [5.41, 5.74) is 0. The summed E-state index contributed by atoms with van der Waals surface area (Å²) in [5, 5.41) is 0. The highest BCUT2D eigenvalue weighted by atomic mass is 16.6. The van der Waals surface area contributed by atoms with Crippen LogP contribution in [0.3, 0.4) is 0 Å². The molecular formula is C42H80O6. The highest BCUT2D eigenvalue weighted by Gasteiger charge is 2.19. The highest BCUT2D eigenvalue weighted by molar-refractivity contribution is 5.71. The van der Waals surface area contributed by atoms with Crippen LogP contribution in [0.5, 0.6) is 0 Å². The summed E-state index contributed by atoms with van der Waals surface area (Å²) in [4.78, 5) is 37.2. The number of carbonyl (C=O) groups is 3. The van der Waals surface area contributed by atoms with Crippen LogP contribution in [0.1, 0.15) is 221 Å². The second-order valence-corrected chi connectivity index (χ2v) is 15.2. The fourth-order valence-electron chi connectivity index (χ4n) is 6.05. The van der Waals surface area contributed by atoms with E-state index in [1.165, 1.54) is 103 Å². The van der Waals surface area contributed by atoms with Gasteiger partial charge in [0.2, 0.25) is 0 Å². The van der Waals surface area contributed by atoms with Gasteiger partial charge in [0.05, 0.1) is 0 Å². The summed E-state index contributed by atoms with van der Waals surface area (Å²) in [7, 11) is 0. The maximum atomic E-state index is 12.5. The third-order valence-electron chi connectivity index (χ3n) is 9.22. The molecule has 0 aliphatic carbocycles. The summed E-state index contributed by atoms with van der Waals surface area (Å²) in [6.45, 7) is 11.2. The molecule has 0 amide bonds. The zero-order valence-electron chi connectivity index (χ0n) is 32.6. The van der Waals surface area contributed by atoms with Crippen LogP contribution >= 0.6 is 0 Å². The standard InChI is InChI=1S/C42H80O6/c1-6-7-8-20-29-34-42(45)48-39(36-47-41(44)33-28-24-19-18-22-26-31-38(4)5)35-46-40(43)32-27-23-17-15-13-11-9-10-12-14-16-21-25-30-37(2)3/h37-39H,6-36H2,1-5H3/t39-/m1/s1. The molecule has 6 heteroatoms. The number of ether oxygens (including phenoxy) is 3. The lowest BCUT2D eigenvalue weighted by atomic mass is 10.0. The number of esters is 3. The minimum atomic E-state index is -0.758. The Kier molecular flexibility index (Phi) is 34.1. The molecule has 6 nitrogen and oxygen atoms in total. The summed E-state index contributed by atoms with van der Waals surface area (Å²) >= 11 is 0. The molecule has 0 saturated heterocycles. The predicted octanol–water partition coefficient (Wildman–Crippen LogP) is 12.6. The van der Waals surface area contributed by atoms with Gasteiger partial charge in [0, 0.05) is 19.3 Å². The van der Waals surface area contributed by atoms with Crippen LogP contribution in [0.4, 0.5) is 0 Å². The van der Waals surface area contributed by atoms with E-state index in [1.807, 2.05) is 0 Å². The number of hydrogen-bond donors (Lipinski definition) is 0. The molecule has 0 aromatic carbocycles. The normalized spacial score (nSPS) is 12.1. The van der Waals surface area contributed by atoms with Crippen LogP contribution in [0.25, 0.3) is 0 Å². The average Bonchev–Trinajstić information content (AvgIpc) is 3.04. The average molecular weight is 681 g/mol. The van der Waals surface area contributed by atoms with Crippen molar-refractivity contribution in [1.82, 2.24) is 0 Å². The fraction of sp³-hybridized carbons (Fsp3) is 0.929. The summed E-state index contributed by atoms with van der Waals surface area (Å²) in [6.07, 6.45) is 31.3. The monoisotopic (exact) mass is 681 g/mol. The third kappa shape index (κ3) is 35.7. The first-order chi connectivity index (χ1) is 23.2. The molecule has 0 spiro atoms. The van der Waals surface area contributed by atoms with Gasteiger partial charge in [-0.3, -0.25) is 14.4 Å². The van der Waals surface area contributed by atoms with E-state index in [9.17, 15) is 14.4 Å². The maximum absolute atomic E-state index is 12.5. The molecule has 0 saturated carbocycles.